The van der Waals surface area contributed by atoms with Crippen LogP contribution in [0.1, 0.15) is 29.4 Å². The van der Waals surface area contributed by atoms with Gasteiger partial charge in [0.2, 0.25) is 0 Å². The lowest BCUT2D eigenvalue weighted by atomic mass is 10.1. The molecule has 3 N–H and O–H groups in total. The molecule has 6 nitrogen and oxygen atoms in total. The fourth-order valence-corrected chi connectivity index (χ4v) is 2.51. The zero-order chi connectivity index (χ0) is 18.7. The largest absolute Gasteiger partial charge is 0.352 e. The predicted molar refractivity (Wildman–Crippen MR) is 93.9 cm³/mol. The van der Waals surface area contributed by atoms with Gasteiger partial charge in [-0.25, -0.2) is 18.3 Å². The van der Waals surface area contributed by atoms with Crippen LogP contribution in [0.2, 0.25) is 0 Å². The van der Waals surface area contributed by atoms with E-state index in [0.717, 1.165) is 0 Å². The number of benzene rings is 1. The van der Waals surface area contributed by atoms with E-state index in [9.17, 15) is 13.6 Å². The van der Waals surface area contributed by atoms with Crippen molar-refractivity contribution in [2.45, 2.75) is 13.3 Å². The molecular weight excluding hydrogens is 340 g/mol. The van der Waals surface area contributed by atoms with Gasteiger partial charge in [-0.1, -0.05) is 37.3 Å². The van der Waals surface area contributed by atoms with E-state index in [2.05, 4.69) is 15.4 Å². The minimum Gasteiger partial charge on any atom is -0.352 e. The highest BCUT2D eigenvalue weighted by molar-refractivity contribution is 6.00. The van der Waals surface area contributed by atoms with Gasteiger partial charge in [0.15, 0.2) is 5.65 Å². The van der Waals surface area contributed by atoms with Crippen LogP contribution < -0.4 is 11.1 Å². The average Bonchev–Trinajstić information content (AvgIpc) is 3.09. The van der Waals surface area contributed by atoms with Crippen molar-refractivity contribution in [1.29, 1.82) is 0 Å². The van der Waals surface area contributed by atoms with Crippen LogP contribution >= 0.6 is 0 Å². The Morgan fingerprint density at radius 3 is 2.69 bits per heavy atom. The third-order valence-corrected chi connectivity index (χ3v) is 4.04. The summed E-state index contributed by atoms with van der Waals surface area (Å²) in [4.78, 5) is 16.4. The van der Waals surface area contributed by atoms with E-state index in [1.807, 2.05) is 13.0 Å². The number of carbonyl (C=O) groups excluding carboxylic acids is 1. The summed E-state index contributed by atoms with van der Waals surface area (Å²) in [5.41, 5.74) is 6.53. The monoisotopic (exact) mass is 359 g/mol. The predicted octanol–water partition coefficient (Wildman–Crippen LogP) is 2.66. The number of amides is 1. The van der Waals surface area contributed by atoms with Crippen LogP contribution in [0.25, 0.3) is 16.9 Å². The number of nitrogens with two attached hydrogens (primary N) is 1. The van der Waals surface area contributed by atoms with E-state index in [1.54, 1.807) is 24.3 Å². The van der Waals surface area contributed by atoms with Crippen molar-refractivity contribution >= 4 is 11.6 Å². The molecule has 26 heavy (non-hydrogen) atoms. The van der Waals surface area contributed by atoms with Gasteiger partial charge in [0.1, 0.15) is 11.3 Å². The van der Waals surface area contributed by atoms with E-state index in [1.165, 1.54) is 16.8 Å². The molecule has 136 valence electrons. The lowest BCUT2D eigenvalue weighted by Gasteiger charge is -2.10. The zero-order valence-corrected chi connectivity index (χ0v) is 14.2. The highest BCUT2D eigenvalue weighted by atomic mass is 19.3. The topological polar surface area (TPSA) is 85.3 Å². The minimum absolute atomic E-state index is 0.0968. The number of fused-ring (bicyclic) bond motifs is 1. The van der Waals surface area contributed by atoms with Crippen molar-refractivity contribution in [3.8, 4) is 11.3 Å². The first-order chi connectivity index (χ1) is 12.5. The molecule has 0 bridgehead atoms. The molecule has 0 radical (unpaired) electrons. The van der Waals surface area contributed by atoms with Gasteiger partial charge >= 0.3 is 0 Å². The Morgan fingerprint density at radius 1 is 1.31 bits per heavy atom. The van der Waals surface area contributed by atoms with Gasteiger partial charge in [-0.15, -0.1) is 0 Å². The number of carbonyl (C=O) groups is 1. The van der Waals surface area contributed by atoms with E-state index >= 15 is 0 Å². The summed E-state index contributed by atoms with van der Waals surface area (Å²) in [7, 11) is 0. The van der Waals surface area contributed by atoms with E-state index < -0.39 is 18.0 Å². The molecule has 0 aliphatic heterocycles. The molecule has 1 atom stereocenters. The molecule has 0 aliphatic rings. The van der Waals surface area contributed by atoms with Gasteiger partial charge in [0.05, 0.1) is 11.9 Å². The number of halogens is 2. The summed E-state index contributed by atoms with van der Waals surface area (Å²) < 4.78 is 28.1. The van der Waals surface area contributed by atoms with Gasteiger partial charge in [0.25, 0.3) is 12.3 Å². The van der Waals surface area contributed by atoms with Crippen LogP contribution in [0, 0.1) is 5.92 Å². The maximum absolute atomic E-state index is 13.3. The van der Waals surface area contributed by atoms with E-state index in [-0.39, 0.29) is 17.1 Å². The summed E-state index contributed by atoms with van der Waals surface area (Å²) in [6, 6.07) is 10.3. The van der Waals surface area contributed by atoms with Crippen molar-refractivity contribution in [3.05, 3.63) is 53.9 Å². The van der Waals surface area contributed by atoms with Crippen molar-refractivity contribution < 1.29 is 13.6 Å². The van der Waals surface area contributed by atoms with E-state index in [4.69, 9.17) is 5.73 Å². The summed E-state index contributed by atoms with van der Waals surface area (Å²) in [5, 5.41) is 6.92. The summed E-state index contributed by atoms with van der Waals surface area (Å²) >= 11 is 0. The van der Waals surface area contributed by atoms with Crippen LogP contribution in [0.3, 0.4) is 0 Å². The highest BCUT2D eigenvalue weighted by Gasteiger charge is 2.20. The molecule has 0 fully saturated rings. The molecule has 8 heteroatoms. The van der Waals surface area contributed by atoms with Crippen molar-refractivity contribution in [2.75, 3.05) is 13.1 Å². The van der Waals surface area contributed by atoms with Crippen molar-refractivity contribution in [1.82, 2.24) is 19.9 Å². The Labute approximate surface area is 149 Å². The zero-order valence-electron chi connectivity index (χ0n) is 14.2. The molecule has 2 heterocycles. The van der Waals surface area contributed by atoms with Crippen LogP contribution in [0.15, 0.2) is 42.6 Å². The molecule has 0 aliphatic carbocycles. The van der Waals surface area contributed by atoms with Crippen LogP contribution in [0.5, 0.6) is 0 Å². The summed E-state index contributed by atoms with van der Waals surface area (Å²) in [6.07, 6.45) is -1.42. The van der Waals surface area contributed by atoms with Crippen LogP contribution in [-0.2, 0) is 0 Å². The molecular formula is C18H19F2N5O. The summed E-state index contributed by atoms with van der Waals surface area (Å²) in [5.74, 6) is -0.316. The van der Waals surface area contributed by atoms with Gasteiger partial charge in [-0.3, -0.25) is 4.79 Å². The average molecular weight is 359 g/mol. The third-order valence-electron chi connectivity index (χ3n) is 4.04. The SMILES string of the molecule is CC(CN)CNC(=O)c1cnn2c(-c3ccccc3)cc(C(F)F)nc12. The number of hydrogen-bond acceptors (Lipinski definition) is 4. The smallest absolute Gasteiger partial charge is 0.280 e. The molecule has 3 rings (SSSR count). The maximum Gasteiger partial charge on any atom is 0.280 e. The standard InChI is InChI=1S/C18H19F2N5O/c1-11(8-21)9-22-18(26)13-10-23-25-15(12-5-3-2-4-6-12)7-14(16(19)20)24-17(13)25/h2-7,10-11,16H,8-9,21H2,1H3,(H,22,26). The molecule has 0 saturated carbocycles. The molecule has 3 aromatic rings. The van der Waals surface area contributed by atoms with Crippen molar-refractivity contribution in [3.63, 3.8) is 0 Å². The quantitative estimate of drug-likeness (QED) is 0.709. The first-order valence-corrected chi connectivity index (χ1v) is 8.21. The third kappa shape index (κ3) is 3.55. The second-order valence-electron chi connectivity index (χ2n) is 6.08. The number of alkyl halides is 2. The fourth-order valence-electron chi connectivity index (χ4n) is 2.51. The Hall–Kier alpha value is -2.87. The Bertz CT molecular complexity index is 911. The minimum atomic E-state index is -2.76. The first kappa shape index (κ1) is 17.9. The highest BCUT2D eigenvalue weighted by Crippen LogP contribution is 2.26. The first-order valence-electron chi connectivity index (χ1n) is 8.21. The molecule has 0 saturated heterocycles. The second kappa shape index (κ2) is 7.57. The van der Waals surface area contributed by atoms with Crippen molar-refractivity contribution in [2.24, 2.45) is 11.7 Å². The fraction of sp³-hybridized carbons (Fsp3) is 0.278. The Kier molecular flexibility index (Phi) is 5.22. The van der Waals surface area contributed by atoms with Crippen LogP contribution in [-0.4, -0.2) is 33.6 Å². The molecule has 2 aromatic heterocycles. The lowest BCUT2D eigenvalue weighted by molar-refractivity contribution is 0.0949. The Morgan fingerprint density at radius 2 is 2.04 bits per heavy atom. The number of nitrogens with one attached hydrogen (secondary N) is 1. The molecule has 1 amide bonds. The number of rotatable bonds is 6. The maximum atomic E-state index is 13.3. The van der Waals surface area contributed by atoms with Gasteiger partial charge in [-0.2, -0.15) is 5.10 Å². The van der Waals surface area contributed by atoms with Gasteiger partial charge in [0, 0.05) is 12.1 Å². The number of nitrogens with zero attached hydrogens (tertiary/aromatic N) is 3. The van der Waals surface area contributed by atoms with Gasteiger partial charge < -0.3 is 11.1 Å². The number of aromatic nitrogens is 3. The van der Waals surface area contributed by atoms with E-state index in [0.29, 0.717) is 24.3 Å². The van der Waals surface area contributed by atoms with Crippen LogP contribution in [0.4, 0.5) is 8.78 Å². The molecule has 0 spiro atoms. The lowest BCUT2D eigenvalue weighted by Crippen LogP contribution is -2.31. The Balaban J connectivity index is 2.07. The number of hydrogen-bond donors (Lipinski definition) is 2. The summed E-state index contributed by atoms with van der Waals surface area (Å²) in [6.45, 7) is 2.71. The molecule has 1 unspecified atom stereocenters. The molecule has 1 aromatic carbocycles. The van der Waals surface area contributed by atoms with Gasteiger partial charge in [-0.05, 0) is 18.5 Å². The normalized spacial score (nSPS) is 12.5. The second-order valence-corrected chi connectivity index (χ2v) is 6.08.